The summed E-state index contributed by atoms with van der Waals surface area (Å²) in [6.45, 7) is 6.09. The topological polar surface area (TPSA) is 67.5 Å². The van der Waals surface area contributed by atoms with Crippen LogP contribution in [0, 0.1) is 0 Å². The predicted octanol–water partition coefficient (Wildman–Crippen LogP) is 2.95. The van der Waals surface area contributed by atoms with Crippen molar-refractivity contribution in [3.05, 3.63) is 58.1 Å². The second-order valence-electron chi connectivity index (χ2n) is 7.49. The molecule has 6 heteroatoms. The zero-order valence-electron chi connectivity index (χ0n) is 14.7. The Hall–Kier alpha value is -3.02. The molecule has 0 saturated heterocycles. The molecule has 0 amide bonds. The van der Waals surface area contributed by atoms with Gasteiger partial charge in [0.2, 0.25) is 6.79 Å². The SMILES string of the molecule is CC1(C)CN(Cc2nc3cc4c(cc3c(=O)[nH]2)OCO4)c2ccccc21. The molecular weight excluding hydrogens is 330 g/mol. The molecule has 0 fully saturated rings. The third-order valence-corrected chi connectivity index (χ3v) is 5.15. The lowest BCUT2D eigenvalue weighted by Gasteiger charge is -2.22. The molecule has 6 nitrogen and oxygen atoms in total. The second-order valence-corrected chi connectivity index (χ2v) is 7.49. The van der Waals surface area contributed by atoms with Crippen molar-refractivity contribution in [2.75, 3.05) is 18.2 Å². The van der Waals surface area contributed by atoms with Crippen molar-refractivity contribution in [2.45, 2.75) is 25.8 Å². The van der Waals surface area contributed by atoms with Crippen LogP contribution in [-0.2, 0) is 12.0 Å². The van der Waals surface area contributed by atoms with E-state index in [9.17, 15) is 4.79 Å². The lowest BCUT2D eigenvalue weighted by Crippen LogP contribution is -2.29. The maximum atomic E-state index is 12.5. The summed E-state index contributed by atoms with van der Waals surface area (Å²) in [6.07, 6.45) is 0. The van der Waals surface area contributed by atoms with Gasteiger partial charge in [-0.3, -0.25) is 4.79 Å². The summed E-state index contributed by atoms with van der Waals surface area (Å²) in [5.41, 5.74) is 3.06. The van der Waals surface area contributed by atoms with Crippen LogP contribution in [0.25, 0.3) is 10.9 Å². The molecule has 2 aromatic carbocycles. The number of ether oxygens (including phenoxy) is 2. The summed E-state index contributed by atoms with van der Waals surface area (Å²) in [5, 5.41) is 0.514. The quantitative estimate of drug-likeness (QED) is 0.770. The average Bonchev–Trinajstić information content (AvgIpc) is 3.16. The molecule has 0 aliphatic carbocycles. The van der Waals surface area contributed by atoms with E-state index in [0.29, 0.717) is 34.8 Å². The Bertz CT molecular complexity index is 1090. The third kappa shape index (κ3) is 2.25. The zero-order chi connectivity index (χ0) is 17.9. The molecule has 0 atom stereocenters. The predicted molar refractivity (Wildman–Crippen MR) is 99.0 cm³/mol. The van der Waals surface area contributed by atoms with Gasteiger partial charge in [0.05, 0.1) is 17.4 Å². The number of fused-ring (bicyclic) bond motifs is 3. The second kappa shape index (κ2) is 5.24. The molecule has 0 bridgehead atoms. The van der Waals surface area contributed by atoms with Gasteiger partial charge < -0.3 is 19.4 Å². The number of nitrogens with zero attached hydrogens (tertiary/aromatic N) is 2. The van der Waals surface area contributed by atoms with E-state index in [2.05, 4.69) is 46.9 Å². The minimum Gasteiger partial charge on any atom is -0.454 e. The Balaban J connectivity index is 1.55. The van der Waals surface area contributed by atoms with Crippen molar-refractivity contribution in [3.63, 3.8) is 0 Å². The average molecular weight is 349 g/mol. The maximum Gasteiger partial charge on any atom is 0.258 e. The molecule has 2 aliphatic rings. The fraction of sp³-hybridized carbons (Fsp3) is 0.300. The number of anilines is 1. The summed E-state index contributed by atoms with van der Waals surface area (Å²) in [4.78, 5) is 22.4. The van der Waals surface area contributed by atoms with Gasteiger partial charge in [0, 0.05) is 23.7 Å². The number of aromatic amines is 1. The van der Waals surface area contributed by atoms with Crippen LogP contribution in [0.5, 0.6) is 11.5 Å². The van der Waals surface area contributed by atoms with Gasteiger partial charge in [-0.25, -0.2) is 4.98 Å². The summed E-state index contributed by atoms with van der Waals surface area (Å²) in [7, 11) is 0. The Morgan fingerprint density at radius 2 is 1.96 bits per heavy atom. The highest BCUT2D eigenvalue weighted by Crippen LogP contribution is 2.40. The number of aromatic nitrogens is 2. The Kier molecular flexibility index (Phi) is 3.07. The molecule has 2 aliphatic heterocycles. The molecule has 26 heavy (non-hydrogen) atoms. The number of benzene rings is 2. The normalized spacial score (nSPS) is 16.9. The van der Waals surface area contributed by atoms with Crippen molar-refractivity contribution in [1.29, 1.82) is 0 Å². The van der Waals surface area contributed by atoms with E-state index in [4.69, 9.17) is 9.47 Å². The van der Waals surface area contributed by atoms with Crippen LogP contribution in [0.3, 0.4) is 0 Å². The van der Waals surface area contributed by atoms with Crippen LogP contribution >= 0.6 is 0 Å². The molecule has 0 unspecified atom stereocenters. The summed E-state index contributed by atoms with van der Waals surface area (Å²) in [5.74, 6) is 1.87. The zero-order valence-corrected chi connectivity index (χ0v) is 14.7. The van der Waals surface area contributed by atoms with Crippen LogP contribution in [0.15, 0.2) is 41.2 Å². The van der Waals surface area contributed by atoms with Crippen LogP contribution in [0.2, 0.25) is 0 Å². The highest BCUT2D eigenvalue weighted by molar-refractivity contribution is 5.82. The van der Waals surface area contributed by atoms with Crippen molar-refractivity contribution in [3.8, 4) is 11.5 Å². The first-order chi connectivity index (χ1) is 12.5. The first-order valence-corrected chi connectivity index (χ1v) is 8.68. The Morgan fingerprint density at radius 3 is 2.81 bits per heavy atom. The van der Waals surface area contributed by atoms with Gasteiger partial charge in [-0.05, 0) is 17.7 Å². The largest absolute Gasteiger partial charge is 0.454 e. The van der Waals surface area contributed by atoms with Gasteiger partial charge in [-0.2, -0.15) is 0 Å². The van der Waals surface area contributed by atoms with Gasteiger partial charge in [0.1, 0.15) is 5.82 Å². The van der Waals surface area contributed by atoms with Gasteiger partial charge >= 0.3 is 0 Å². The van der Waals surface area contributed by atoms with Gasteiger partial charge in [0.25, 0.3) is 5.56 Å². The number of H-pyrrole nitrogens is 1. The van der Waals surface area contributed by atoms with E-state index in [1.807, 2.05) is 6.07 Å². The van der Waals surface area contributed by atoms with Crippen molar-refractivity contribution < 1.29 is 9.47 Å². The van der Waals surface area contributed by atoms with Crippen LogP contribution in [0.4, 0.5) is 5.69 Å². The molecular formula is C20H19N3O3. The first-order valence-electron chi connectivity index (χ1n) is 8.68. The minimum atomic E-state index is -0.157. The number of hydrogen-bond donors (Lipinski definition) is 1. The smallest absolute Gasteiger partial charge is 0.258 e. The lowest BCUT2D eigenvalue weighted by atomic mass is 9.87. The highest BCUT2D eigenvalue weighted by Gasteiger charge is 2.34. The number of rotatable bonds is 2. The third-order valence-electron chi connectivity index (χ3n) is 5.15. The van der Waals surface area contributed by atoms with Crippen LogP contribution in [-0.4, -0.2) is 23.3 Å². The molecule has 3 heterocycles. The molecule has 0 radical (unpaired) electrons. The monoisotopic (exact) mass is 349 g/mol. The minimum absolute atomic E-state index is 0.0692. The van der Waals surface area contributed by atoms with E-state index in [-0.39, 0.29) is 17.8 Å². The molecule has 1 aromatic heterocycles. The molecule has 132 valence electrons. The number of nitrogens with one attached hydrogen (secondary N) is 1. The van der Waals surface area contributed by atoms with E-state index >= 15 is 0 Å². The Morgan fingerprint density at radius 1 is 1.19 bits per heavy atom. The van der Waals surface area contributed by atoms with Crippen molar-refractivity contribution in [1.82, 2.24) is 9.97 Å². The fourth-order valence-corrected chi connectivity index (χ4v) is 3.94. The van der Waals surface area contributed by atoms with Crippen LogP contribution in [0.1, 0.15) is 25.2 Å². The van der Waals surface area contributed by atoms with Crippen molar-refractivity contribution in [2.24, 2.45) is 0 Å². The number of hydrogen-bond acceptors (Lipinski definition) is 5. The highest BCUT2D eigenvalue weighted by atomic mass is 16.7. The summed E-state index contributed by atoms with van der Waals surface area (Å²) >= 11 is 0. The van der Waals surface area contributed by atoms with Gasteiger partial charge in [-0.15, -0.1) is 0 Å². The first kappa shape index (κ1) is 15.3. The number of para-hydroxylation sites is 1. The van der Waals surface area contributed by atoms with E-state index < -0.39 is 0 Å². The van der Waals surface area contributed by atoms with E-state index in [1.54, 1.807) is 12.1 Å². The molecule has 5 rings (SSSR count). The van der Waals surface area contributed by atoms with Crippen LogP contribution < -0.4 is 19.9 Å². The molecule has 3 aromatic rings. The fourth-order valence-electron chi connectivity index (χ4n) is 3.94. The van der Waals surface area contributed by atoms with Gasteiger partial charge in [0.15, 0.2) is 11.5 Å². The molecule has 0 saturated carbocycles. The van der Waals surface area contributed by atoms with E-state index in [0.717, 1.165) is 6.54 Å². The molecule has 1 N–H and O–H groups in total. The summed E-state index contributed by atoms with van der Waals surface area (Å²) < 4.78 is 10.8. The maximum absolute atomic E-state index is 12.5. The molecule has 0 spiro atoms. The van der Waals surface area contributed by atoms with Crippen molar-refractivity contribution >= 4 is 16.6 Å². The Labute approximate surface area is 150 Å². The lowest BCUT2D eigenvalue weighted by molar-refractivity contribution is 0.174. The standard InChI is InChI=1S/C20H19N3O3/c1-20(2)10-23(15-6-4-3-5-13(15)20)9-18-21-14-8-17-16(25-11-26-17)7-12(14)19(24)22-18/h3-8H,9-11H2,1-2H3,(H,21,22,24). The summed E-state index contributed by atoms with van der Waals surface area (Å²) in [6, 6.07) is 11.9. The van der Waals surface area contributed by atoms with Gasteiger partial charge in [-0.1, -0.05) is 32.0 Å². The van der Waals surface area contributed by atoms with E-state index in [1.165, 1.54) is 11.3 Å².